The molecule has 0 aliphatic carbocycles. The van der Waals surface area contributed by atoms with Crippen LogP contribution >= 0.6 is 0 Å². The largest absolute Gasteiger partial charge is 0.462 e. The summed E-state index contributed by atoms with van der Waals surface area (Å²) < 4.78 is 29.8. The first-order valence-corrected chi connectivity index (χ1v) is 6.54. The molecule has 0 aromatic heterocycles. The standard InChI is InChI=1S/C11H15NO4S/c1-4-16-11(13)9-7-5-6-8-10(9)17(14,15)12(2)3/h5-8H,4H2,1-3H3. The molecule has 0 unspecified atom stereocenters. The lowest BCUT2D eigenvalue weighted by Crippen LogP contribution is -2.24. The van der Waals surface area contributed by atoms with E-state index in [4.69, 9.17) is 4.74 Å². The lowest BCUT2D eigenvalue weighted by Gasteiger charge is -2.14. The van der Waals surface area contributed by atoms with Crippen LogP contribution in [0.4, 0.5) is 0 Å². The zero-order valence-corrected chi connectivity index (χ0v) is 10.8. The van der Waals surface area contributed by atoms with Crippen LogP contribution < -0.4 is 0 Å². The summed E-state index contributed by atoms with van der Waals surface area (Å²) in [5.41, 5.74) is 0.0584. The van der Waals surface area contributed by atoms with Gasteiger partial charge in [0.2, 0.25) is 10.0 Å². The Morgan fingerprint density at radius 1 is 1.29 bits per heavy atom. The summed E-state index contributed by atoms with van der Waals surface area (Å²) in [6.07, 6.45) is 0. The number of benzene rings is 1. The molecule has 0 aliphatic heterocycles. The van der Waals surface area contributed by atoms with Crippen LogP contribution in [-0.2, 0) is 14.8 Å². The molecule has 0 saturated carbocycles. The van der Waals surface area contributed by atoms with Crippen molar-refractivity contribution in [2.75, 3.05) is 20.7 Å². The Labute approximate surface area is 101 Å². The van der Waals surface area contributed by atoms with E-state index in [0.717, 1.165) is 4.31 Å². The molecule has 0 fully saturated rings. The van der Waals surface area contributed by atoms with Gasteiger partial charge in [0.15, 0.2) is 0 Å². The fourth-order valence-electron chi connectivity index (χ4n) is 1.27. The SMILES string of the molecule is CCOC(=O)c1ccccc1S(=O)(=O)N(C)C. The molecule has 0 spiro atoms. The molecule has 94 valence electrons. The normalized spacial score (nSPS) is 11.5. The second kappa shape index (κ2) is 5.29. The molecule has 0 atom stereocenters. The van der Waals surface area contributed by atoms with E-state index in [2.05, 4.69) is 0 Å². The molecule has 1 aromatic carbocycles. The van der Waals surface area contributed by atoms with E-state index in [9.17, 15) is 13.2 Å². The van der Waals surface area contributed by atoms with Gasteiger partial charge in [0, 0.05) is 14.1 Å². The Bertz CT molecular complexity index is 508. The minimum absolute atomic E-state index is 0.0385. The number of ether oxygens (including phenoxy) is 1. The fraction of sp³-hybridized carbons (Fsp3) is 0.364. The predicted octanol–water partition coefficient (Wildman–Crippen LogP) is 1.11. The summed E-state index contributed by atoms with van der Waals surface area (Å²) in [6.45, 7) is 1.87. The first kappa shape index (κ1) is 13.7. The molecule has 1 aromatic rings. The fourth-order valence-corrected chi connectivity index (χ4v) is 2.34. The third-order valence-electron chi connectivity index (χ3n) is 2.14. The zero-order chi connectivity index (χ0) is 13.1. The van der Waals surface area contributed by atoms with E-state index >= 15 is 0 Å². The maximum absolute atomic E-state index is 12.0. The summed E-state index contributed by atoms with van der Waals surface area (Å²) in [7, 11) is -0.810. The predicted molar refractivity (Wildman–Crippen MR) is 63.3 cm³/mol. The van der Waals surface area contributed by atoms with Gasteiger partial charge < -0.3 is 4.74 Å². The van der Waals surface area contributed by atoms with Crippen molar-refractivity contribution in [2.24, 2.45) is 0 Å². The number of esters is 1. The van der Waals surface area contributed by atoms with E-state index in [1.54, 1.807) is 19.1 Å². The Balaban J connectivity index is 3.31. The number of hydrogen-bond donors (Lipinski definition) is 0. The third-order valence-corrected chi connectivity index (χ3v) is 4.01. The van der Waals surface area contributed by atoms with Crippen LogP contribution in [0.2, 0.25) is 0 Å². The van der Waals surface area contributed by atoms with Crippen LogP contribution in [0, 0.1) is 0 Å². The van der Waals surface area contributed by atoms with Crippen LogP contribution in [-0.4, -0.2) is 39.4 Å². The summed E-state index contributed by atoms with van der Waals surface area (Å²) in [5, 5.41) is 0. The molecule has 6 heteroatoms. The summed E-state index contributed by atoms with van der Waals surface area (Å²) in [6, 6.07) is 6.00. The van der Waals surface area contributed by atoms with E-state index in [0.29, 0.717) is 0 Å². The molecular formula is C11H15NO4S. The summed E-state index contributed by atoms with van der Waals surface area (Å²) in [4.78, 5) is 11.6. The molecule has 5 nitrogen and oxygen atoms in total. The Hall–Kier alpha value is -1.40. The van der Waals surface area contributed by atoms with Gasteiger partial charge in [0.25, 0.3) is 0 Å². The van der Waals surface area contributed by atoms with Gasteiger partial charge in [-0.2, -0.15) is 0 Å². The average molecular weight is 257 g/mol. The van der Waals surface area contributed by atoms with Crippen molar-refractivity contribution < 1.29 is 17.9 Å². The second-order valence-corrected chi connectivity index (χ2v) is 5.62. The van der Waals surface area contributed by atoms with Crippen LogP contribution in [0.15, 0.2) is 29.2 Å². The lowest BCUT2D eigenvalue weighted by atomic mass is 10.2. The number of nitrogens with zero attached hydrogens (tertiary/aromatic N) is 1. The minimum atomic E-state index is -3.64. The van der Waals surface area contributed by atoms with Crippen molar-refractivity contribution in [1.29, 1.82) is 0 Å². The molecule has 0 aliphatic rings. The quantitative estimate of drug-likeness (QED) is 0.758. The minimum Gasteiger partial charge on any atom is -0.462 e. The van der Waals surface area contributed by atoms with Crippen molar-refractivity contribution in [3.63, 3.8) is 0 Å². The Morgan fingerprint density at radius 2 is 1.88 bits per heavy atom. The van der Waals surface area contributed by atoms with Crippen LogP contribution in [0.5, 0.6) is 0 Å². The molecular weight excluding hydrogens is 242 g/mol. The first-order valence-electron chi connectivity index (χ1n) is 5.10. The van der Waals surface area contributed by atoms with Gasteiger partial charge in [0.05, 0.1) is 17.1 Å². The number of sulfonamides is 1. The number of carbonyl (C=O) groups excluding carboxylic acids is 1. The zero-order valence-electron chi connectivity index (χ0n) is 10.0. The van der Waals surface area contributed by atoms with Crippen LogP contribution in [0.3, 0.4) is 0 Å². The lowest BCUT2D eigenvalue weighted by molar-refractivity contribution is 0.0521. The summed E-state index contributed by atoms with van der Waals surface area (Å²) >= 11 is 0. The van der Waals surface area contributed by atoms with Crippen molar-refractivity contribution in [3.05, 3.63) is 29.8 Å². The highest BCUT2D eigenvalue weighted by Gasteiger charge is 2.24. The molecule has 0 N–H and O–H groups in total. The van der Waals surface area contributed by atoms with Crippen LogP contribution in [0.25, 0.3) is 0 Å². The van der Waals surface area contributed by atoms with Crippen molar-refractivity contribution in [1.82, 2.24) is 4.31 Å². The van der Waals surface area contributed by atoms with Gasteiger partial charge in [-0.3, -0.25) is 0 Å². The van der Waals surface area contributed by atoms with Crippen molar-refractivity contribution >= 4 is 16.0 Å². The van der Waals surface area contributed by atoms with Gasteiger partial charge in [-0.25, -0.2) is 17.5 Å². The second-order valence-electron chi connectivity index (χ2n) is 3.50. The number of hydrogen-bond acceptors (Lipinski definition) is 4. The average Bonchev–Trinajstić information content (AvgIpc) is 2.29. The Morgan fingerprint density at radius 3 is 2.41 bits per heavy atom. The maximum atomic E-state index is 12.0. The van der Waals surface area contributed by atoms with Crippen molar-refractivity contribution in [3.8, 4) is 0 Å². The topological polar surface area (TPSA) is 63.7 Å². The number of carbonyl (C=O) groups is 1. The smallest absolute Gasteiger partial charge is 0.339 e. The monoisotopic (exact) mass is 257 g/mol. The van der Waals surface area contributed by atoms with E-state index < -0.39 is 16.0 Å². The summed E-state index contributed by atoms with van der Waals surface area (Å²) in [5.74, 6) is -0.631. The first-order chi connectivity index (χ1) is 7.91. The highest BCUT2D eigenvalue weighted by atomic mass is 32.2. The molecule has 0 heterocycles. The molecule has 0 radical (unpaired) electrons. The molecule has 0 bridgehead atoms. The Kier molecular flexibility index (Phi) is 4.25. The molecule has 17 heavy (non-hydrogen) atoms. The molecule has 1 rings (SSSR count). The van der Waals surface area contributed by atoms with E-state index in [1.165, 1.54) is 26.2 Å². The van der Waals surface area contributed by atoms with Gasteiger partial charge in [-0.1, -0.05) is 12.1 Å². The highest BCUT2D eigenvalue weighted by molar-refractivity contribution is 7.89. The van der Waals surface area contributed by atoms with Gasteiger partial charge in [-0.15, -0.1) is 0 Å². The third kappa shape index (κ3) is 2.83. The van der Waals surface area contributed by atoms with E-state index in [1.807, 2.05) is 0 Å². The van der Waals surface area contributed by atoms with E-state index in [-0.39, 0.29) is 17.1 Å². The van der Waals surface area contributed by atoms with Crippen molar-refractivity contribution in [2.45, 2.75) is 11.8 Å². The molecule has 0 amide bonds. The maximum Gasteiger partial charge on any atom is 0.339 e. The molecule has 0 saturated heterocycles. The van der Waals surface area contributed by atoms with Gasteiger partial charge in [0.1, 0.15) is 0 Å². The van der Waals surface area contributed by atoms with Crippen LogP contribution in [0.1, 0.15) is 17.3 Å². The van der Waals surface area contributed by atoms with Gasteiger partial charge >= 0.3 is 5.97 Å². The van der Waals surface area contributed by atoms with Gasteiger partial charge in [-0.05, 0) is 19.1 Å². The number of rotatable bonds is 4. The highest BCUT2D eigenvalue weighted by Crippen LogP contribution is 2.19.